The highest BCUT2D eigenvalue weighted by Crippen LogP contribution is 2.45. The van der Waals surface area contributed by atoms with Gasteiger partial charge in [-0.25, -0.2) is 0 Å². The van der Waals surface area contributed by atoms with Crippen molar-refractivity contribution in [2.24, 2.45) is 0 Å². The summed E-state index contributed by atoms with van der Waals surface area (Å²) in [6.07, 6.45) is 0. The van der Waals surface area contributed by atoms with Gasteiger partial charge in [0.1, 0.15) is 5.75 Å². The molecule has 1 atom stereocenters. The molecule has 1 aliphatic heterocycles. The topological polar surface area (TPSA) is 12.5 Å². The van der Waals surface area contributed by atoms with E-state index in [1.807, 2.05) is 6.07 Å². The third kappa shape index (κ3) is 1.79. The van der Waals surface area contributed by atoms with E-state index >= 15 is 0 Å². The van der Waals surface area contributed by atoms with Gasteiger partial charge in [0.05, 0.1) is 7.11 Å². The molecule has 2 aromatic rings. The summed E-state index contributed by atoms with van der Waals surface area (Å²) in [6.45, 7) is 3.31. The molecule has 0 unspecified atom stereocenters. The molecule has 0 saturated carbocycles. The number of benzene rings is 2. The number of anilines is 1. The first kappa shape index (κ1) is 12.1. The van der Waals surface area contributed by atoms with Gasteiger partial charge < -0.3 is 9.64 Å². The van der Waals surface area contributed by atoms with Crippen molar-refractivity contribution in [3.05, 3.63) is 59.7 Å². The lowest BCUT2D eigenvalue weighted by Gasteiger charge is -2.26. The molecule has 98 valence electrons. The molecular weight excluding hydrogens is 234 g/mol. The van der Waals surface area contributed by atoms with Gasteiger partial charge in [0.15, 0.2) is 0 Å². The standard InChI is InChI=1S/C17H19NO/c1-17(13-7-5-4-6-8-13)12-18(2)16-10-9-14(19-3)11-15(16)17/h4-11H,12H2,1-3H3/t17-/m1/s1. The van der Waals surface area contributed by atoms with Crippen molar-refractivity contribution in [1.29, 1.82) is 0 Å². The van der Waals surface area contributed by atoms with Crippen LogP contribution in [0.1, 0.15) is 18.1 Å². The van der Waals surface area contributed by atoms with E-state index < -0.39 is 0 Å². The van der Waals surface area contributed by atoms with Crippen LogP contribution in [-0.4, -0.2) is 20.7 Å². The molecule has 0 amide bonds. The minimum atomic E-state index is 0.0277. The molecule has 0 bridgehead atoms. The SMILES string of the molecule is COc1ccc2c(c1)[C@@](C)(c1ccccc1)CN2C. The fraction of sp³-hybridized carbons (Fsp3) is 0.294. The second-order valence-corrected chi connectivity index (χ2v) is 5.44. The summed E-state index contributed by atoms with van der Waals surface area (Å²) in [5.41, 5.74) is 4.03. The maximum absolute atomic E-state index is 5.39. The highest BCUT2D eigenvalue weighted by atomic mass is 16.5. The quantitative estimate of drug-likeness (QED) is 0.812. The largest absolute Gasteiger partial charge is 0.497 e. The third-order valence-corrected chi connectivity index (χ3v) is 4.17. The molecule has 1 aliphatic rings. The highest BCUT2D eigenvalue weighted by molar-refractivity contribution is 5.67. The fourth-order valence-electron chi connectivity index (χ4n) is 3.11. The second-order valence-electron chi connectivity index (χ2n) is 5.44. The average Bonchev–Trinajstić information content (AvgIpc) is 2.72. The van der Waals surface area contributed by atoms with Crippen molar-refractivity contribution in [2.75, 3.05) is 25.6 Å². The number of hydrogen-bond donors (Lipinski definition) is 0. The molecule has 0 spiro atoms. The van der Waals surface area contributed by atoms with Crippen molar-refractivity contribution in [1.82, 2.24) is 0 Å². The fourth-order valence-corrected chi connectivity index (χ4v) is 3.11. The van der Waals surface area contributed by atoms with Gasteiger partial charge in [0.2, 0.25) is 0 Å². The van der Waals surface area contributed by atoms with Crippen molar-refractivity contribution < 1.29 is 4.74 Å². The molecule has 0 aromatic heterocycles. The van der Waals surface area contributed by atoms with E-state index in [9.17, 15) is 0 Å². The predicted octanol–water partition coefficient (Wildman–Crippen LogP) is 3.45. The summed E-state index contributed by atoms with van der Waals surface area (Å²) in [5, 5.41) is 0. The molecule has 2 aromatic carbocycles. The van der Waals surface area contributed by atoms with Crippen molar-refractivity contribution in [3.63, 3.8) is 0 Å². The number of likely N-dealkylation sites (N-methyl/N-ethyl adjacent to an activating group) is 1. The van der Waals surface area contributed by atoms with Gasteiger partial charge in [-0.15, -0.1) is 0 Å². The summed E-state index contributed by atoms with van der Waals surface area (Å²) in [7, 11) is 3.87. The Balaban J connectivity index is 2.17. The summed E-state index contributed by atoms with van der Waals surface area (Å²) in [4.78, 5) is 2.32. The maximum Gasteiger partial charge on any atom is 0.119 e. The Labute approximate surface area is 114 Å². The molecule has 2 heteroatoms. The van der Waals surface area contributed by atoms with Gasteiger partial charge in [-0.2, -0.15) is 0 Å². The highest BCUT2D eigenvalue weighted by Gasteiger charge is 2.39. The lowest BCUT2D eigenvalue weighted by Crippen LogP contribution is -2.29. The van der Waals surface area contributed by atoms with Crippen LogP contribution in [0.3, 0.4) is 0 Å². The van der Waals surface area contributed by atoms with Crippen molar-refractivity contribution >= 4 is 5.69 Å². The van der Waals surface area contributed by atoms with Crippen LogP contribution in [0.15, 0.2) is 48.5 Å². The molecule has 3 rings (SSSR count). The number of methoxy groups -OCH3 is 1. The van der Waals surface area contributed by atoms with Crippen molar-refractivity contribution in [3.8, 4) is 5.75 Å². The first-order chi connectivity index (χ1) is 9.15. The summed E-state index contributed by atoms with van der Waals surface area (Å²) >= 11 is 0. The predicted molar refractivity (Wildman–Crippen MR) is 79.2 cm³/mol. The Morgan fingerprint density at radius 3 is 2.53 bits per heavy atom. The lowest BCUT2D eigenvalue weighted by molar-refractivity contribution is 0.413. The maximum atomic E-state index is 5.39. The number of hydrogen-bond acceptors (Lipinski definition) is 2. The van der Waals surface area contributed by atoms with Gasteiger partial charge >= 0.3 is 0 Å². The first-order valence-corrected chi connectivity index (χ1v) is 6.60. The molecule has 0 radical (unpaired) electrons. The van der Waals surface area contributed by atoms with Gasteiger partial charge in [0.25, 0.3) is 0 Å². The van der Waals surface area contributed by atoms with Gasteiger partial charge in [-0.05, 0) is 36.2 Å². The Kier molecular flexibility index (Phi) is 2.74. The van der Waals surface area contributed by atoms with Crippen LogP contribution >= 0.6 is 0 Å². The van der Waals surface area contributed by atoms with Crippen LogP contribution < -0.4 is 9.64 Å². The minimum Gasteiger partial charge on any atom is -0.497 e. The zero-order valence-electron chi connectivity index (χ0n) is 11.7. The molecule has 0 fully saturated rings. The van der Waals surface area contributed by atoms with Crippen LogP contribution in [0.2, 0.25) is 0 Å². The van der Waals surface area contributed by atoms with Gasteiger partial charge in [-0.1, -0.05) is 30.3 Å². The smallest absolute Gasteiger partial charge is 0.119 e. The Bertz CT molecular complexity index is 593. The average molecular weight is 253 g/mol. The van der Waals surface area contributed by atoms with Gasteiger partial charge in [0, 0.05) is 24.7 Å². The van der Waals surface area contributed by atoms with Crippen LogP contribution in [0.25, 0.3) is 0 Å². The lowest BCUT2D eigenvalue weighted by atomic mass is 9.78. The summed E-state index contributed by atoms with van der Waals surface area (Å²) in [6, 6.07) is 17.1. The molecular formula is C17H19NO. The molecule has 0 saturated heterocycles. The van der Waals surface area contributed by atoms with E-state index in [0.717, 1.165) is 12.3 Å². The first-order valence-electron chi connectivity index (χ1n) is 6.60. The number of fused-ring (bicyclic) bond motifs is 1. The monoisotopic (exact) mass is 253 g/mol. The zero-order chi connectivity index (χ0) is 13.5. The molecule has 1 heterocycles. The van der Waals surface area contributed by atoms with E-state index in [2.05, 4.69) is 61.3 Å². The minimum absolute atomic E-state index is 0.0277. The van der Waals surface area contributed by atoms with Crippen LogP contribution in [0.5, 0.6) is 5.75 Å². The van der Waals surface area contributed by atoms with Crippen LogP contribution in [-0.2, 0) is 5.41 Å². The molecule has 0 N–H and O–H groups in total. The number of ether oxygens (including phenoxy) is 1. The third-order valence-electron chi connectivity index (χ3n) is 4.17. The second kappa shape index (κ2) is 4.30. The van der Waals surface area contributed by atoms with E-state index in [1.165, 1.54) is 16.8 Å². The van der Waals surface area contributed by atoms with E-state index in [4.69, 9.17) is 4.74 Å². The van der Waals surface area contributed by atoms with Crippen LogP contribution in [0, 0.1) is 0 Å². The van der Waals surface area contributed by atoms with Crippen LogP contribution in [0.4, 0.5) is 5.69 Å². The Hall–Kier alpha value is -1.96. The van der Waals surface area contributed by atoms with Gasteiger partial charge in [-0.3, -0.25) is 0 Å². The number of rotatable bonds is 2. The van der Waals surface area contributed by atoms with E-state index in [1.54, 1.807) is 7.11 Å². The molecule has 0 aliphatic carbocycles. The molecule has 2 nitrogen and oxygen atoms in total. The van der Waals surface area contributed by atoms with Crippen molar-refractivity contribution in [2.45, 2.75) is 12.3 Å². The van der Waals surface area contributed by atoms with E-state index in [-0.39, 0.29) is 5.41 Å². The molecule has 19 heavy (non-hydrogen) atoms. The summed E-state index contributed by atoms with van der Waals surface area (Å²) in [5.74, 6) is 0.927. The normalized spacial score (nSPS) is 21.3. The Morgan fingerprint density at radius 2 is 1.84 bits per heavy atom. The number of nitrogens with zero attached hydrogens (tertiary/aromatic N) is 1. The van der Waals surface area contributed by atoms with E-state index in [0.29, 0.717) is 0 Å². The zero-order valence-corrected chi connectivity index (χ0v) is 11.7. The Morgan fingerprint density at radius 1 is 1.11 bits per heavy atom. The summed E-state index contributed by atoms with van der Waals surface area (Å²) < 4.78 is 5.39.